The number of benzene rings is 1. The van der Waals surface area contributed by atoms with Crippen LogP contribution in [0.5, 0.6) is 0 Å². The topological polar surface area (TPSA) is 74.8 Å². The number of fused-ring (bicyclic) bond motifs is 1. The molecule has 1 heterocycles. The van der Waals surface area contributed by atoms with E-state index in [9.17, 15) is 9.59 Å². The minimum absolute atomic E-state index is 0.146. The van der Waals surface area contributed by atoms with Gasteiger partial charge in [0.2, 0.25) is 5.91 Å². The van der Waals surface area contributed by atoms with E-state index in [1.54, 1.807) is 6.07 Å². The number of nitrogens with one attached hydrogen (secondary N) is 2. The lowest BCUT2D eigenvalue weighted by atomic mass is 9.49. The normalized spacial score (nSPS) is 32.9. The molecule has 4 fully saturated rings. The second-order valence-electron chi connectivity index (χ2n) is 8.43. The third kappa shape index (κ3) is 2.40. The van der Waals surface area contributed by atoms with Crippen LogP contribution in [0.3, 0.4) is 0 Å². The second-order valence-corrected chi connectivity index (χ2v) is 8.43. The highest BCUT2D eigenvalue weighted by atomic mass is 16.2. The van der Waals surface area contributed by atoms with Crippen molar-refractivity contribution in [3.8, 4) is 0 Å². The van der Waals surface area contributed by atoms with Crippen LogP contribution in [0, 0.1) is 23.2 Å². The molecule has 0 aliphatic heterocycles. The number of aromatic nitrogens is 2. The zero-order valence-corrected chi connectivity index (χ0v) is 14.3. The van der Waals surface area contributed by atoms with Gasteiger partial charge in [0.05, 0.1) is 17.6 Å². The standard InChI is InChI=1S/C20H23N3O2/c24-18-16-4-2-1-3-15(16)17(22-23-18)11-21-19(25)20-8-12-5-13(9-20)7-14(6-12)10-20/h1-4,12-14H,5-11H2,(H,21,25)(H,23,24). The first-order chi connectivity index (χ1) is 12.1. The van der Waals surface area contributed by atoms with Crippen LogP contribution in [0.15, 0.2) is 29.1 Å². The Hall–Kier alpha value is -2.17. The first-order valence-electron chi connectivity index (χ1n) is 9.37. The maximum atomic E-state index is 13.1. The zero-order chi connectivity index (χ0) is 17.0. The molecule has 0 saturated heterocycles. The summed E-state index contributed by atoms with van der Waals surface area (Å²) in [4.78, 5) is 25.0. The third-order valence-corrected chi connectivity index (χ3v) is 6.71. The summed E-state index contributed by atoms with van der Waals surface area (Å²) in [6, 6.07) is 7.42. The van der Waals surface area contributed by atoms with Crippen molar-refractivity contribution in [3.63, 3.8) is 0 Å². The molecule has 1 amide bonds. The SMILES string of the molecule is O=C(NCc1n[nH]c(=O)c2ccccc12)C12CC3CC(CC(C3)C1)C2. The monoisotopic (exact) mass is 337 g/mol. The van der Waals surface area contributed by atoms with Crippen LogP contribution in [-0.2, 0) is 11.3 Å². The Labute approximate surface area is 146 Å². The lowest BCUT2D eigenvalue weighted by molar-refractivity contribution is -0.146. The minimum atomic E-state index is -0.188. The van der Waals surface area contributed by atoms with Crippen molar-refractivity contribution in [2.45, 2.75) is 45.1 Å². The molecule has 25 heavy (non-hydrogen) atoms. The highest BCUT2D eigenvalue weighted by molar-refractivity contribution is 5.85. The van der Waals surface area contributed by atoms with E-state index in [4.69, 9.17) is 0 Å². The Kier molecular flexibility index (Phi) is 3.27. The van der Waals surface area contributed by atoms with E-state index >= 15 is 0 Å². The molecular weight excluding hydrogens is 314 g/mol. The molecule has 2 aromatic rings. The summed E-state index contributed by atoms with van der Waals surface area (Å²) in [7, 11) is 0. The highest BCUT2D eigenvalue weighted by Crippen LogP contribution is 2.60. The summed E-state index contributed by atoms with van der Waals surface area (Å²) in [5, 5.41) is 11.3. The van der Waals surface area contributed by atoms with Gasteiger partial charge in [-0.05, 0) is 62.3 Å². The minimum Gasteiger partial charge on any atom is -0.350 e. The average Bonchev–Trinajstić information content (AvgIpc) is 2.60. The predicted molar refractivity (Wildman–Crippen MR) is 94.8 cm³/mol. The average molecular weight is 337 g/mol. The number of amides is 1. The van der Waals surface area contributed by atoms with Crippen LogP contribution in [0.1, 0.15) is 44.2 Å². The van der Waals surface area contributed by atoms with Crippen molar-refractivity contribution in [1.29, 1.82) is 0 Å². The molecule has 0 atom stereocenters. The first-order valence-corrected chi connectivity index (χ1v) is 9.37. The summed E-state index contributed by atoms with van der Waals surface area (Å²) in [5.74, 6) is 2.46. The number of hydrogen-bond acceptors (Lipinski definition) is 3. The number of carbonyl (C=O) groups is 1. The maximum Gasteiger partial charge on any atom is 0.272 e. The summed E-state index contributed by atoms with van der Waals surface area (Å²) in [5.41, 5.74) is 0.396. The molecule has 0 radical (unpaired) electrons. The van der Waals surface area contributed by atoms with Gasteiger partial charge in [-0.15, -0.1) is 0 Å². The molecule has 0 unspecified atom stereocenters. The molecule has 130 valence electrons. The van der Waals surface area contributed by atoms with E-state index < -0.39 is 0 Å². The molecule has 1 aromatic carbocycles. The highest BCUT2D eigenvalue weighted by Gasteiger charge is 2.54. The molecular formula is C20H23N3O2. The van der Waals surface area contributed by atoms with Gasteiger partial charge in [0.25, 0.3) is 5.56 Å². The van der Waals surface area contributed by atoms with Gasteiger partial charge in [-0.1, -0.05) is 18.2 Å². The van der Waals surface area contributed by atoms with Crippen LogP contribution < -0.4 is 10.9 Å². The number of H-pyrrole nitrogens is 1. The van der Waals surface area contributed by atoms with Crippen molar-refractivity contribution in [2.75, 3.05) is 0 Å². The fraction of sp³-hybridized carbons (Fsp3) is 0.550. The van der Waals surface area contributed by atoms with E-state index in [0.29, 0.717) is 11.9 Å². The van der Waals surface area contributed by atoms with Crippen LogP contribution in [0.4, 0.5) is 0 Å². The lowest BCUT2D eigenvalue weighted by Gasteiger charge is -2.55. The Bertz CT molecular complexity index is 866. The van der Waals surface area contributed by atoms with Gasteiger partial charge in [0.1, 0.15) is 0 Å². The van der Waals surface area contributed by atoms with Gasteiger partial charge < -0.3 is 5.32 Å². The zero-order valence-electron chi connectivity index (χ0n) is 14.3. The third-order valence-electron chi connectivity index (χ3n) is 6.71. The number of rotatable bonds is 3. The van der Waals surface area contributed by atoms with Crippen molar-refractivity contribution in [1.82, 2.24) is 15.5 Å². The summed E-state index contributed by atoms with van der Waals surface area (Å²) in [6.45, 7) is 0.373. The van der Waals surface area contributed by atoms with Gasteiger partial charge in [-0.25, -0.2) is 5.10 Å². The van der Waals surface area contributed by atoms with Crippen molar-refractivity contribution in [2.24, 2.45) is 23.2 Å². The van der Waals surface area contributed by atoms with E-state index in [1.807, 2.05) is 18.2 Å². The van der Waals surface area contributed by atoms with E-state index in [0.717, 1.165) is 48.1 Å². The summed E-state index contributed by atoms with van der Waals surface area (Å²) in [6.07, 6.45) is 7.18. The summed E-state index contributed by atoms with van der Waals surface area (Å²) >= 11 is 0. The molecule has 4 bridgehead atoms. The molecule has 5 heteroatoms. The smallest absolute Gasteiger partial charge is 0.272 e. The first kappa shape index (κ1) is 15.1. The molecule has 6 rings (SSSR count). The second kappa shape index (κ2) is 5.41. The Morgan fingerprint density at radius 3 is 2.32 bits per heavy atom. The number of hydrogen-bond donors (Lipinski definition) is 2. The van der Waals surface area contributed by atoms with Gasteiger partial charge >= 0.3 is 0 Å². The molecule has 0 spiro atoms. The molecule has 4 aliphatic rings. The number of carbonyl (C=O) groups excluding carboxylic acids is 1. The van der Waals surface area contributed by atoms with Gasteiger partial charge in [0.15, 0.2) is 0 Å². The molecule has 4 saturated carbocycles. The molecule has 5 nitrogen and oxygen atoms in total. The maximum absolute atomic E-state index is 13.1. The Balaban J connectivity index is 1.38. The van der Waals surface area contributed by atoms with E-state index in [-0.39, 0.29) is 16.9 Å². The fourth-order valence-electron chi connectivity index (χ4n) is 6.05. The number of aromatic amines is 1. The van der Waals surface area contributed by atoms with Gasteiger partial charge in [-0.2, -0.15) is 5.10 Å². The Morgan fingerprint density at radius 2 is 1.68 bits per heavy atom. The van der Waals surface area contributed by atoms with Crippen LogP contribution in [0.25, 0.3) is 10.8 Å². The van der Waals surface area contributed by atoms with Crippen molar-refractivity contribution >= 4 is 16.7 Å². The summed E-state index contributed by atoms with van der Waals surface area (Å²) < 4.78 is 0. The van der Waals surface area contributed by atoms with Crippen LogP contribution in [-0.4, -0.2) is 16.1 Å². The van der Waals surface area contributed by atoms with E-state index in [1.165, 1.54) is 19.3 Å². The predicted octanol–water partition coefficient (Wildman–Crippen LogP) is 2.76. The molecule has 2 N–H and O–H groups in total. The van der Waals surface area contributed by atoms with Crippen molar-refractivity contribution in [3.05, 3.63) is 40.3 Å². The fourth-order valence-corrected chi connectivity index (χ4v) is 6.05. The largest absolute Gasteiger partial charge is 0.350 e. The van der Waals surface area contributed by atoms with Gasteiger partial charge in [0, 0.05) is 10.8 Å². The van der Waals surface area contributed by atoms with Crippen LogP contribution >= 0.6 is 0 Å². The molecule has 4 aliphatic carbocycles. The molecule has 1 aromatic heterocycles. The van der Waals surface area contributed by atoms with Gasteiger partial charge in [-0.3, -0.25) is 9.59 Å². The van der Waals surface area contributed by atoms with E-state index in [2.05, 4.69) is 15.5 Å². The lowest BCUT2D eigenvalue weighted by Crippen LogP contribution is -2.53. The van der Waals surface area contributed by atoms with Crippen LogP contribution in [0.2, 0.25) is 0 Å². The number of nitrogens with zero attached hydrogens (tertiary/aromatic N) is 1. The van der Waals surface area contributed by atoms with Crippen molar-refractivity contribution < 1.29 is 4.79 Å². The quantitative estimate of drug-likeness (QED) is 0.904. The Morgan fingerprint density at radius 1 is 1.08 bits per heavy atom.